The minimum Gasteiger partial charge on any atom is -0.315 e. The number of thiophene rings is 1. The third-order valence-electron chi connectivity index (χ3n) is 2.35. The summed E-state index contributed by atoms with van der Waals surface area (Å²) >= 11 is 1.27. The number of rotatable bonds is 5. The van der Waals surface area contributed by atoms with Crippen molar-refractivity contribution >= 4 is 27.0 Å². The van der Waals surface area contributed by atoms with E-state index >= 15 is 0 Å². The number of hydrogen-bond donors (Lipinski definition) is 3. The van der Waals surface area contributed by atoms with Crippen LogP contribution in [-0.4, -0.2) is 25.7 Å². The summed E-state index contributed by atoms with van der Waals surface area (Å²) in [6, 6.07) is 1.68. The van der Waals surface area contributed by atoms with Crippen molar-refractivity contribution in [3.63, 3.8) is 0 Å². The van der Waals surface area contributed by atoms with E-state index in [0.29, 0.717) is 16.4 Å². The summed E-state index contributed by atoms with van der Waals surface area (Å²) in [6.45, 7) is 2.57. The van der Waals surface area contributed by atoms with Gasteiger partial charge in [-0.15, -0.1) is 11.3 Å². The van der Waals surface area contributed by atoms with Gasteiger partial charge in [0.05, 0.1) is 11.9 Å². The molecule has 0 fully saturated rings. The van der Waals surface area contributed by atoms with Crippen LogP contribution in [0, 0.1) is 6.92 Å². The molecule has 2 aromatic heterocycles. The Morgan fingerprint density at radius 1 is 1.50 bits per heavy atom. The Bertz CT molecular complexity index is 616. The van der Waals surface area contributed by atoms with Crippen molar-refractivity contribution < 1.29 is 8.42 Å². The molecule has 8 heteroatoms. The van der Waals surface area contributed by atoms with E-state index in [1.807, 2.05) is 14.0 Å². The molecule has 0 unspecified atom stereocenters. The van der Waals surface area contributed by atoms with Gasteiger partial charge in [-0.1, -0.05) is 0 Å². The molecule has 2 aromatic rings. The second kappa shape index (κ2) is 5.09. The zero-order valence-electron chi connectivity index (χ0n) is 10.0. The first-order valence-corrected chi connectivity index (χ1v) is 7.58. The number of aromatic amines is 1. The largest absolute Gasteiger partial charge is 0.315 e. The average molecular weight is 286 g/mol. The monoisotopic (exact) mass is 286 g/mol. The van der Waals surface area contributed by atoms with Crippen molar-refractivity contribution in [1.82, 2.24) is 15.5 Å². The maximum Gasteiger partial charge on any atom is 0.271 e. The molecule has 0 saturated heterocycles. The fourth-order valence-electron chi connectivity index (χ4n) is 1.47. The Morgan fingerprint density at radius 2 is 2.28 bits per heavy atom. The van der Waals surface area contributed by atoms with Gasteiger partial charge in [-0.25, -0.2) is 8.42 Å². The van der Waals surface area contributed by atoms with Gasteiger partial charge in [0.15, 0.2) is 0 Å². The fraction of sp³-hybridized carbons (Fsp3) is 0.300. The standard InChI is InChI=1S/C10H14N4O2S2/c1-7-3-10(17-9(7)6-11-2)18(15,16)14-8-4-12-13-5-8/h3-5,11,14H,6H2,1-2H3,(H,12,13). The zero-order valence-corrected chi connectivity index (χ0v) is 11.7. The summed E-state index contributed by atoms with van der Waals surface area (Å²) in [6.07, 6.45) is 2.92. The van der Waals surface area contributed by atoms with Crippen LogP contribution in [0.1, 0.15) is 10.4 Å². The van der Waals surface area contributed by atoms with Crippen LogP contribution in [0.15, 0.2) is 22.7 Å². The second-order valence-electron chi connectivity index (χ2n) is 3.79. The van der Waals surface area contributed by atoms with E-state index in [4.69, 9.17) is 0 Å². The number of nitrogens with one attached hydrogen (secondary N) is 3. The highest BCUT2D eigenvalue weighted by atomic mass is 32.2. The van der Waals surface area contributed by atoms with Crippen LogP contribution in [0.4, 0.5) is 5.69 Å². The van der Waals surface area contributed by atoms with E-state index in [0.717, 1.165) is 10.4 Å². The van der Waals surface area contributed by atoms with Crippen LogP contribution in [0.2, 0.25) is 0 Å². The number of nitrogens with zero attached hydrogens (tertiary/aromatic N) is 1. The predicted octanol–water partition coefficient (Wildman–Crippen LogP) is 1.30. The normalized spacial score (nSPS) is 11.7. The predicted molar refractivity (Wildman–Crippen MR) is 71.2 cm³/mol. The lowest BCUT2D eigenvalue weighted by molar-refractivity contribution is 0.603. The van der Waals surface area contributed by atoms with E-state index in [9.17, 15) is 8.42 Å². The smallest absolute Gasteiger partial charge is 0.271 e. The van der Waals surface area contributed by atoms with Crippen molar-refractivity contribution in [3.05, 3.63) is 28.9 Å². The van der Waals surface area contributed by atoms with Gasteiger partial charge >= 0.3 is 0 Å². The molecule has 98 valence electrons. The SMILES string of the molecule is CNCc1sc(S(=O)(=O)Nc2cn[nH]c2)cc1C. The number of H-pyrrole nitrogens is 1. The van der Waals surface area contributed by atoms with Crippen LogP contribution >= 0.6 is 11.3 Å². The highest BCUT2D eigenvalue weighted by Crippen LogP contribution is 2.27. The van der Waals surface area contributed by atoms with Gasteiger partial charge in [0, 0.05) is 17.6 Å². The summed E-state index contributed by atoms with van der Waals surface area (Å²) in [4.78, 5) is 1.02. The highest BCUT2D eigenvalue weighted by molar-refractivity contribution is 7.94. The quantitative estimate of drug-likeness (QED) is 0.773. The molecule has 0 atom stereocenters. The van der Waals surface area contributed by atoms with Crippen LogP contribution < -0.4 is 10.0 Å². The zero-order chi connectivity index (χ0) is 13.2. The fourth-order valence-corrected chi connectivity index (χ4v) is 4.10. The van der Waals surface area contributed by atoms with Crippen molar-refractivity contribution in [2.24, 2.45) is 0 Å². The summed E-state index contributed by atoms with van der Waals surface area (Å²) in [5, 5.41) is 9.27. The van der Waals surface area contributed by atoms with Crippen LogP contribution in [0.25, 0.3) is 0 Å². The molecule has 0 aliphatic rings. The third-order valence-corrected chi connectivity index (χ3v) is 5.44. The Hall–Kier alpha value is -1.38. The van der Waals surface area contributed by atoms with Crippen molar-refractivity contribution in [2.45, 2.75) is 17.7 Å². The first kappa shape index (κ1) is 13.1. The maximum absolute atomic E-state index is 12.1. The summed E-state index contributed by atoms with van der Waals surface area (Å²) in [7, 11) is -1.69. The number of aromatic nitrogens is 2. The Labute approximate surface area is 109 Å². The number of anilines is 1. The van der Waals surface area contributed by atoms with Crippen LogP contribution in [0.5, 0.6) is 0 Å². The lowest BCUT2D eigenvalue weighted by Crippen LogP contribution is -2.10. The molecule has 18 heavy (non-hydrogen) atoms. The lowest BCUT2D eigenvalue weighted by Gasteiger charge is -2.02. The second-order valence-corrected chi connectivity index (χ2v) is 6.84. The Morgan fingerprint density at radius 3 is 2.89 bits per heavy atom. The van der Waals surface area contributed by atoms with Gasteiger partial charge in [-0.05, 0) is 25.6 Å². The first-order valence-electron chi connectivity index (χ1n) is 5.28. The Kier molecular flexibility index (Phi) is 3.69. The summed E-state index contributed by atoms with van der Waals surface area (Å²) in [5.41, 5.74) is 1.40. The number of sulfonamides is 1. The Balaban J connectivity index is 2.27. The summed E-state index contributed by atoms with van der Waals surface area (Å²) < 4.78 is 27.0. The van der Waals surface area contributed by atoms with E-state index in [1.54, 1.807) is 6.07 Å². The lowest BCUT2D eigenvalue weighted by atomic mass is 10.3. The molecule has 0 amide bonds. The highest BCUT2D eigenvalue weighted by Gasteiger charge is 2.19. The summed E-state index contributed by atoms with van der Waals surface area (Å²) in [5.74, 6) is 0. The molecule has 0 aliphatic carbocycles. The third kappa shape index (κ3) is 2.71. The van der Waals surface area contributed by atoms with Gasteiger partial charge in [0.25, 0.3) is 10.0 Å². The molecule has 0 radical (unpaired) electrons. The molecule has 0 aliphatic heterocycles. The van der Waals surface area contributed by atoms with E-state index < -0.39 is 10.0 Å². The van der Waals surface area contributed by atoms with Gasteiger partial charge in [0.2, 0.25) is 0 Å². The van der Waals surface area contributed by atoms with Gasteiger partial charge in [-0.3, -0.25) is 9.82 Å². The molecule has 0 spiro atoms. The molecule has 3 N–H and O–H groups in total. The maximum atomic E-state index is 12.1. The molecular weight excluding hydrogens is 272 g/mol. The molecule has 2 heterocycles. The number of aryl methyl sites for hydroxylation is 1. The topological polar surface area (TPSA) is 86.9 Å². The first-order chi connectivity index (χ1) is 8.53. The molecule has 0 bridgehead atoms. The van der Waals surface area contributed by atoms with Crippen LogP contribution in [-0.2, 0) is 16.6 Å². The number of hydrogen-bond acceptors (Lipinski definition) is 5. The van der Waals surface area contributed by atoms with Gasteiger partial charge in [-0.2, -0.15) is 5.10 Å². The van der Waals surface area contributed by atoms with Crippen LogP contribution in [0.3, 0.4) is 0 Å². The molecule has 2 rings (SSSR count). The molecular formula is C10H14N4O2S2. The van der Waals surface area contributed by atoms with Crippen molar-refractivity contribution in [1.29, 1.82) is 0 Å². The molecule has 0 saturated carbocycles. The molecule has 0 aromatic carbocycles. The van der Waals surface area contributed by atoms with Gasteiger partial charge in [0.1, 0.15) is 4.21 Å². The van der Waals surface area contributed by atoms with Crippen molar-refractivity contribution in [3.8, 4) is 0 Å². The van der Waals surface area contributed by atoms with Crippen molar-refractivity contribution in [2.75, 3.05) is 11.8 Å². The minimum atomic E-state index is -3.52. The molecule has 6 nitrogen and oxygen atoms in total. The minimum absolute atomic E-state index is 0.312. The average Bonchev–Trinajstić information content (AvgIpc) is 2.90. The van der Waals surface area contributed by atoms with E-state index in [1.165, 1.54) is 23.7 Å². The van der Waals surface area contributed by atoms with Gasteiger partial charge < -0.3 is 5.32 Å². The van der Waals surface area contributed by atoms with E-state index in [2.05, 4.69) is 20.2 Å². The van der Waals surface area contributed by atoms with E-state index in [-0.39, 0.29) is 0 Å².